The first-order chi connectivity index (χ1) is 23.4. The molecule has 4 heterocycles. The van der Waals surface area contributed by atoms with Crippen LogP contribution in [0, 0.1) is 13.8 Å². The van der Waals surface area contributed by atoms with E-state index in [0.29, 0.717) is 9.79 Å². The number of rotatable bonds is 4. The van der Waals surface area contributed by atoms with Crippen molar-refractivity contribution in [1.82, 2.24) is 4.40 Å². The highest BCUT2D eigenvalue weighted by Gasteiger charge is 2.34. The Morgan fingerprint density at radius 3 is 1.94 bits per heavy atom. The van der Waals surface area contributed by atoms with Crippen LogP contribution in [0.1, 0.15) is 11.1 Å². The van der Waals surface area contributed by atoms with Gasteiger partial charge in [-0.2, -0.15) is 0 Å². The largest absolute Gasteiger partial charge is 0.310 e. The SMILES string of the molecule is Cc1cccc(N(c2cccc(C)c2)c2ccc3c(c2)-c2cc(-c4cc5c6ccccc6n6c7sccc7c(c4)c56)ccc2S3(=O)=O)c1. The molecule has 0 bridgehead atoms. The number of hydrogen-bond donors (Lipinski definition) is 0. The Balaban J connectivity index is 1.18. The molecule has 3 aromatic heterocycles. The topological polar surface area (TPSA) is 41.8 Å². The third-order valence-corrected chi connectivity index (χ3v) is 12.6. The number of hydrogen-bond acceptors (Lipinski definition) is 4. The van der Waals surface area contributed by atoms with Gasteiger partial charge >= 0.3 is 0 Å². The smallest absolute Gasteiger partial charge is 0.207 e. The number of sulfone groups is 1. The molecule has 1 aliphatic rings. The molecular formula is C42H28N2O2S2. The third kappa shape index (κ3) is 3.78. The maximum Gasteiger partial charge on any atom is 0.207 e. The maximum absolute atomic E-state index is 13.9. The lowest BCUT2D eigenvalue weighted by Crippen LogP contribution is -2.10. The molecule has 4 nitrogen and oxygen atoms in total. The molecule has 1 aliphatic heterocycles. The Morgan fingerprint density at radius 1 is 0.562 bits per heavy atom. The van der Waals surface area contributed by atoms with Crippen molar-refractivity contribution in [2.45, 2.75) is 23.6 Å². The molecule has 0 spiro atoms. The molecule has 0 aliphatic carbocycles. The molecule has 0 saturated heterocycles. The van der Waals surface area contributed by atoms with E-state index >= 15 is 0 Å². The number of benzene rings is 6. The van der Waals surface area contributed by atoms with E-state index in [4.69, 9.17) is 0 Å². The fourth-order valence-electron chi connectivity index (χ4n) is 7.72. The van der Waals surface area contributed by atoms with Crippen molar-refractivity contribution in [2.75, 3.05) is 4.90 Å². The molecule has 0 unspecified atom stereocenters. The van der Waals surface area contributed by atoms with Crippen LogP contribution in [-0.4, -0.2) is 12.8 Å². The summed E-state index contributed by atoms with van der Waals surface area (Å²) in [5.74, 6) is 0. The monoisotopic (exact) mass is 656 g/mol. The van der Waals surface area contributed by atoms with E-state index in [1.54, 1.807) is 23.5 Å². The number of para-hydroxylation sites is 1. The number of anilines is 3. The van der Waals surface area contributed by atoms with E-state index < -0.39 is 9.84 Å². The van der Waals surface area contributed by atoms with Crippen molar-refractivity contribution < 1.29 is 8.42 Å². The zero-order valence-electron chi connectivity index (χ0n) is 26.2. The normalized spacial score (nSPS) is 13.5. The number of aryl methyl sites for hydroxylation is 2. The lowest BCUT2D eigenvalue weighted by molar-refractivity contribution is 0.598. The van der Waals surface area contributed by atoms with Crippen LogP contribution < -0.4 is 4.90 Å². The summed E-state index contributed by atoms with van der Waals surface area (Å²) in [6, 6.07) is 43.7. The molecule has 6 aromatic carbocycles. The number of aromatic nitrogens is 1. The second-order valence-corrected chi connectivity index (χ2v) is 15.6. The van der Waals surface area contributed by atoms with Gasteiger partial charge in [0.25, 0.3) is 0 Å². The predicted octanol–water partition coefficient (Wildman–Crippen LogP) is 11.5. The van der Waals surface area contributed by atoms with Gasteiger partial charge in [0, 0.05) is 49.7 Å². The second kappa shape index (κ2) is 9.80. The van der Waals surface area contributed by atoms with E-state index in [1.807, 2.05) is 18.2 Å². The van der Waals surface area contributed by atoms with Crippen molar-refractivity contribution in [1.29, 1.82) is 0 Å². The molecule has 6 heteroatoms. The van der Waals surface area contributed by atoms with E-state index in [0.717, 1.165) is 50.4 Å². The van der Waals surface area contributed by atoms with Crippen molar-refractivity contribution in [3.05, 3.63) is 144 Å². The molecular weight excluding hydrogens is 629 g/mol. The van der Waals surface area contributed by atoms with Crippen LogP contribution in [0.5, 0.6) is 0 Å². The maximum atomic E-state index is 13.9. The molecule has 0 atom stereocenters. The van der Waals surface area contributed by atoms with Gasteiger partial charge in [0.05, 0.1) is 20.8 Å². The van der Waals surface area contributed by atoms with Crippen LogP contribution in [-0.2, 0) is 9.84 Å². The highest BCUT2D eigenvalue weighted by atomic mass is 32.2. The Hall–Kier alpha value is -5.43. The minimum atomic E-state index is -3.66. The average Bonchev–Trinajstić information content (AvgIpc) is 3.82. The van der Waals surface area contributed by atoms with Gasteiger partial charge in [0.2, 0.25) is 9.84 Å². The first kappa shape index (κ1) is 27.7. The molecule has 230 valence electrons. The molecule has 0 saturated carbocycles. The van der Waals surface area contributed by atoms with Gasteiger partial charge in [0.15, 0.2) is 0 Å². The van der Waals surface area contributed by atoms with Crippen molar-refractivity contribution >= 4 is 75.6 Å². The third-order valence-electron chi connectivity index (χ3n) is 9.83. The molecule has 0 fully saturated rings. The van der Waals surface area contributed by atoms with Crippen LogP contribution in [0.15, 0.2) is 143 Å². The van der Waals surface area contributed by atoms with Gasteiger partial charge in [-0.05, 0) is 120 Å². The Labute approximate surface area is 282 Å². The summed E-state index contributed by atoms with van der Waals surface area (Å²) in [5.41, 5.74) is 11.3. The van der Waals surface area contributed by atoms with Crippen molar-refractivity contribution in [2.24, 2.45) is 0 Å². The predicted molar refractivity (Wildman–Crippen MR) is 199 cm³/mol. The van der Waals surface area contributed by atoms with Gasteiger partial charge in [-0.15, -0.1) is 11.3 Å². The Morgan fingerprint density at radius 2 is 1.21 bits per heavy atom. The lowest BCUT2D eigenvalue weighted by Gasteiger charge is -2.26. The number of nitrogens with zero attached hydrogens (tertiary/aromatic N) is 2. The van der Waals surface area contributed by atoms with E-state index in [-0.39, 0.29) is 0 Å². The molecule has 0 N–H and O–H groups in total. The van der Waals surface area contributed by atoms with E-state index in [9.17, 15) is 8.42 Å². The summed E-state index contributed by atoms with van der Waals surface area (Å²) < 4.78 is 30.2. The highest BCUT2D eigenvalue weighted by molar-refractivity contribution is 7.92. The van der Waals surface area contributed by atoms with Gasteiger partial charge in [0.1, 0.15) is 4.83 Å². The van der Waals surface area contributed by atoms with Gasteiger partial charge in [-0.25, -0.2) is 8.42 Å². The van der Waals surface area contributed by atoms with Crippen LogP contribution in [0.2, 0.25) is 0 Å². The molecule has 48 heavy (non-hydrogen) atoms. The number of thiophene rings is 1. The Bertz CT molecular complexity index is 2850. The quantitative estimate of drug-likeness (QED) is 0.189. The second-order valence-electron chi connectivity index (χ2n) is 12.8. The summed E-state index contributed by atoms with van der Waals surface area (Å²) in [5, 5.41) is 7.06. The summed E-state index contributed by atoms with van der Waals surface area (Å²) in [4.78, 5) is 4.17. The van der Waals surface area contributed by atoms with E-state index in [2.05, 4.69) is 126 Å². The molecule has 0 radical (unpaired) electrons. The summed E-state index contributed by atoms with van der Waals surface area (Å²) in [6.45, 7) is 4.18. The van der Waals surface area contributed by atoms with Crippen molar-refractivity contribution in [3.63, 3.8) is 0 Å². The summed E-state index contributed by atoms with van der Waals surface area (Å²) in [7, 11) is -3.66. The minimum absolute atomic E-state index is 0.354. The molecule has 9 aromatic rings. The highest BCUT2D eigenvalue weighted by Crippen LogP contribution is 2.49. The minimum Gasteiger partial charge on any atom is -0.310 e. The van der Waals surface area contributed by atoms with Crippen molar-refractivity contribution in [3.8, 4) is 22.3 Å². The summed E-state index contributed by atoms with van der Waals surface area (Å²) >= 11 is 1.77. The fraction of sp³-hybridized carbons (Fsp3) is 0.0476. The summed E-state index contributed by atoms with van der Waals surface area (Å²) in [6.07, 6.45) is 0. The molecule has 0 amide bonds. The average molecular weight is 657 g/mol. The zero-order valence-corrected chi connectivity index (χ0v) is 27.9. The molecule has 10 rings (SSSR count). The number of fused-ring (bicyclic) bond motifs is 9. The van der Waals surface area contributed by atoms with Crippen LogP contribution in [0.3, 0.4) is 0 Å². The Kier molecular flexibility index (Phi) is 5.65. The standard InChI is InChI=1S/C42H28N2O2S2/c1-25-7-5-9-29(19-25)43(30-10-6-8-26(2)20-30)31-14-16-40-35(24-31)34-21-27(13-15-39(34)48(40,45)46)28-22-36-32-11-3-4-12-38(32)44-41(36)37(23-28)33-17-18-47-42(33)44/h3-24H,1-2H3. The van der Waals surface area contributed by atoms with Gasteiger partial charge in [-0.1, -0.05) is 48.5 Å². The zero-order chi connectivity index (χ0) is 32.3. The fourth-order valence-corrected chi connectivity index (χ4v) is 10.3. The van der Waals surface area contributed by atoms with Gasteiger partial charge < -0.3 is 4.90 Å². The van der Waals surface area contributed by atoms with Gasteiger partial charge in [-0.3, -0.25) is 4.40 Å². The lowest BCUT2D eigenvalue weighted by atomic mass is 9.96. The van der Waals surface area contributed by atoms with Crippen LogP contribution in [0.25, 0.3) is 59.7 Å². The van der Waals surface area contributed by atoms with Crippen LogP contribution >= 0.6 is 11.3 Å². The van der Waals surface area contributed by atoms with E-state index in [1.165, 1.54) is 37.4 Å². The first-order valence-electron chi connectivity index (χ1n) is 16.0. The van der Waals surface area contributed by atoms with Crippen LogP contribution in [0.4, 0.5) is 17.1 Å². The first-order valence-corrected chi connectivity index (χ1v) is 18.4.